The van der Waals surface area contributed by atoms with Gasteiger partial charge in [0.1, 0.15) is 16.2 Å². The summed E-state index contributed by atoms with van der Waals surface area (Å²) in [6, 6.07) is 1.50. The predicted octanol–water partition coefficient (Wildman–Crippen LogP) is 1.24. The number of aromatic amines is 1. The number of aryl methyl sites for hydroxylation is 2. The molecule has 0 aromatic carbocycles. The lowest BCUT2D eigenvalue weighted by Crippen LogP contribution is -2.48. The zero-order chi connectivity index (χ0) is 23.9. The molecule has 2 aliphatic rings. The number of pyridine rings is 1. The summed E-state index contributed by atoms with van der Waals surface area (Å²) in [7, 11) is -3.76. The van der Waals surface area contributed by atoms with E-state index in [4.69, 9.17) is 9.72 Å². The number of rotatable bonds is 6. The Kier molecular flexibility index (Phi) is 6.13. The van der Waals surface area contributed by atoms with Gasteiger partial charge >= 0.3 is 0 Å². The molecule has 1 N–H and O–H groups in total. The molecule has 0 radical (unpaired) electrons. The number of nitrogens with one attached hydrogen (secondary N) is 1. The summed E-state index contributed by atoms with van der Waals surface area (Å²) >= 11 is 0. The van der Waals surface area contributed by atoms with Crippen LogP contribution in [-0.4, -0.2) is 81.7 Å². The van der Waals surface area contributed by atoms with E-state index in [1.54, 1.807) is 0 Å². The highest BCUT2D eigenvalue weighted by Gasteiger charge is 2.30. The molecule has 2 aliphatic heterocycles. The van der Waals surface area contributed by atoms with E-state index >= 15 is 0 Å². The quantitative estimate of drug-likeness (QED) is 0.550. The number of likely N-dealkylation sites (N-methyl/N-ethyl adjacent to an activating group) is 1. The van der Waals surface area contributed by atoms with Crippen LogP contribution in [-0.2, 0) is 23.0 Å². The Morgan fingerprint density at radius 3 is 2.62 bits per heavy atom. The van der Waals surface area contributed by atoms with Gasteiger partial charge in [0.05, 0.1) is 24.1 Å². The molecule has 1 saturated heterocycles. The van der Waals surface area contributed by atoms with Crippen molar-refractivity contribution >= 4 is 21.1 Å². The smallest absolute Gasteiger partial charge is 0.279 e. The maximum absolute atomic E-state index is 13.4. The lowest BCUT2D eigenvalue weighted by molar-refractivity contribution is 0.196. The summed E-state index contributed by atoms with van der Waals surface area (Å²) in [5.41, 5.74) is 1.74. The van der Waals surface area contributed by atoms with Crippen LogP contribution < -0.4 is 10.3 Å². The number of fused-ring (bicyclic) bond motifs is 3. The van der Waals surface area contributed by atoms with Crippen molar-refractivity contribution in [3.63, 3.8) is 0 Å². The van der Waals surface area contributed by atoms with Gasteiger partial charge in [-0.25, -0.2) is 18.4 Å². The van der Waals surface area contributed by atoms with Gasteiger partial charge in [-0.05, 0) is 38.8 Å². The van der Waals surface area contributed by atoms with Crippen molar-refractivity contribution in [1.82, 2.24) is 33.9 Å². The zero-order valence-corrected chi connectivity index (χ0v) is 20.3. The minimum atomic E-state index is -3.76. The molecule has 34 heavy (non-hydrogen) atoms. The molecule has 0 bridgehead atoms. The zero-order valence-electron chi connectivity index (χ0n) is 19.5. The summed E-state index contributed by atoms with van der Waals surface area (Å²) in [6.45, 7) is 8.07. The summed E-state index contributed by atoms with van der Waals surface area (Å²) in [5.74, 6) is 0.448. The van der Waals surface area contributed by atoms with Crippen LogP contribution in [0, 0.1) is 0 Å². The number of sulfonamides is 1. The summed E-state index contributed by atoms with van der Waals surface area (Å²) in [5, 5.41) is 4.43. The lowest BCUT2D eigenvalue weighted by atomic mass is 10.1. The second-order valence-corrected chi connectivity index (χ2v) is 10.5. The fraction of sp³-hybridized carbons (Fsp3) is 0.545. The molecule has 0 saturated carbocycles. The number of piperazine rings is 1. The van der Waals surface area contributed by atoms with Crippen molar-refractivity contribution in [3.05, 3.63) is 28.3 Å². The second kappa shape index (κ2) is 9.08. The van der Waals surface area contributed by atoms with Crippen LogP contribution in [0.2, 0.25) is 0 Å². The maximum Gasteiger partial charge on any atom is 0.279 e. The van der Waals surface area contributed by atoms with Crippen LogP contribution in [0.4, 0.5) is 0 Å². The Morgan fingerprint density at radius 1 is 1.09 bits per heavy atom. The van der Waals surface area contributed by atoms with Gasteiger partial charge in [0, 0.05) is 32.7 Å². The first kappa shape index (κ1) is 22.9. The molecule has 0 aliphatic carbocycles. The van der Waals surface area contributed by atoms with E-state index < -0.39 is 10.0 Å². The fourth-order valence-electron chi connectivity index (χ4n) is 4.61. The highest BCUT2D eigenvalue weighted by Crippen LogP contribution is 2.31. The summed E-state index contributed by atoms with van der Waals surface area (Å²) < 4.78 is 35.8. The van der Waals surface area contributed by atoms with E-state index in [1.165, 1.54) is 16.6 Å². The van der Waals surface area contributed by atoms with Crippen molar-refractivity contribution < 1.29 is 13.2 Å². The molecule has 12 heteroatoms. The summed E-state index contributed by atoms with van der Waals surface area (Å²) in [4.78, 5) is 26.9. The SMILES string of the molecule is CCOc1ncc(S(=O)(=O)N2CCN(CC)CC2)cc1-c1nc2c3n(nc2c(=O)[nH]1)CCCC3. The van der Waals surface area contributed by atoms with Gasteiger partial charge in [0.2, 0.25) is 15.9 Å². The van der Waals surface area contributed by atoms with Gasteiger partial charge < -0.3 is 14.6 Å². The first-order valence-corrected chi connectivity index (χ1v) is 13.2. The van der Waals surface area contributed by atoms with E-state index in [1.807, 2.05) is 11.6 Å². The number of aromatic nitrogens is 5. The number of nitrogens with zero attached hydrogens (tertiary/aromatic N) is 6. The molecule has 3 aromatic rings. The Morgan fingerprint density at radius 2 is 1.88 bits per heavy atom. The van der Waals surface area contributed by atoms with Gasteiger partial charge in [-0.15, -0.1) is 0 Å². The molecule has 0 spiro atoms. The van der Waals surface area contributed by atoms with Crippen LogP contribution in [0.25, 0.3) is 22.4 Å². The largest absolute Gasteiger partial charge is 0.477 e. The topological polar surface area (TPSA) is 126 Å². The van der Waals surface area contributed by atoms with Gasteiger partial charge in [-0.3, -0.25) is 9.48 Å². The number of hydrogen-bond donors (Lipinski definition) is 1. The van der Waals surface area contributed by atoms with E-state index in [0.717, 1.165) is 38.0 Å². The highest BCUT2D eigenvalue weighted by atomic mass is 32.2. The van der Waals surface area contributed by atoms with Gasteiger partial charge in [0.15, 0.2) is 5.52 Å². The van der Waals surface area contributed by atoms with Crippen molar-refractivity contribution in [2.45, 2.75) is 44.6 Å². The minimum absolute atomic E-state index is 0.0516. The number of ether oxygens (including phenoxy) is 1. The molecule has 0 amide bonds. The monoisotopic (exact) mass is 487 g/mol. The van der Waals surface area contributed by atoms with Crippen LogP contribution in [0.5, 0.6) is 5.88 Å². The third-order valence-electron chi connectivity index (χ3n) is 6.51. The van der Waals surface area contributed by atoms with Crippen LogP contribution in [0.1, 0.15) is 32.4 Å². The van der Waals surface area contributed by atoms with Gasteiger partial charge in [-0.1, -0.05) is 6.92 Å². The first-order chi connectivity index (χ1) is 16.4. The average molecular weight is 488 g/mol. The average Bonchev–Trinajstić information content (AvgIpc) is 3.24. The van der Waals surface area contributed by atoms with Crippen LogP contribution in [0.15, 0.2) is 22.0 Å². The van der Waals surface area contributed by atoms with E-state index in [-0.39, 0.29) is 22.2 Å². The third-order valence-corrected chi connectivity index (χ3v) is 8.38. The molecule has 5 heterocycles. The molecule has 11 nitrogen and oxygen atoms in total. The van der Waals surface area contributed by atoms with Crippen molar-refractivity contribution in [2.24, 2.45) is 0 Å². The highest BCUT2D eigenvalue weighted by molar-refractivity contribution is 7.89. The molecular formula is C22H29N7O4S. The molecule has 1 fully saturated rings. The molecule has 3 aromatic heterocycles. The van der Waals surface area contributed by atoms with Crippen molar-refractivity contribution in [1.29, 1.82) is 0 Å². The molecule has 182 valence electrons. The Balaban J connectivity index is 1.59. The maximum atomic E-state index is 13.4. The summed E-state index contributed by atoms with van der Waals surface area (Å²) in [6.07, 6.45) is 4.13. The Bertz CT molecular complexity index is 1370. The Hall–Kier alpha value is -2.83. The Labute approximate surface area is 197 Å². The van der Waals surface area contributed by atoms with Crippen molar-refractivity contribution in [3.8, 4) is 17.3 Å². The predicted molar refractivity (Wildman–Crippen MR) is 126 cm³/mol. The van der Waals surface area contributed by atoms with E-state index in [0.29, 0.717) is 49.4 Å². The third kappa shape index (κ3) is 3.99. The fourth-order valence-corrected chi connectivity index (χ4v) is 6.00. The lowest BCUT2D eigenvalue weighted by Gasteiger charge is -2.33. The van der Waals surface area contributed by atoms with Crippen LogP contribution >= 0.6 is 0 Å². The standard InChI is InChI=1S/C22H29N7O4S/c1-3-27-9-11-28(12-10-27)34(31,32)15-13-16(22(23-14-15)33-4-2)20-24-18-17-7-5-6-8-29(17)26-19(18)21(30)25-20/h13-14H,3-12H2,1-2H3,(H,24,25,30). The first-order valence-electron chi connectivity index (χ1n) is 11.8. The number of hydrogen-bond acceptors (Lipinski definition) is 8. The molecule has 0 atom stereocenters. The van der Waals surface area contributed by atoms with Crippen molar-refractivity contribution in [2.75, 3.05) is 39.3 Å². The van der Waals surface area contributed by atoms with Crippen LogP contribution in [0.3, 0.4) is 0 Å². The number of H-pyrrole nitrogens is 1. The van der Waals surface area contributed by atoms with Gasteiger partial charge in [-0.2, -0.15) is 9.40 Å². The normalized spacial score (nSPS) is 17.7. The molecule has 0 unspecified atom stereocenters. The second-order valence-electron chi connectivity index (χ2n) is 8.53. The van der Waals surface area contributed by atoms with Gasteiger partial charge in [0.25, 0.3) is 5.56 Å². The molecular weight excluding hydrogens is 458 g/mol. The molecule has 5 rings (SSSR count). The minimum Gasteiger partial charge on any atom is -0.477 e. The van der Waals surface area contributed by atoms with E-state index in [2.05, 4.69) is 26.9 Å². The van der Waals surface area contributed by atoms with E-state index in [9.17, 15) is 13.2 Å².